The van der Waals surface area contributed by atoms with E-state index in [1.54, 1.807) is 7.11 Å². The van der Waals surface area contributed by atoms with Crippen molar-refractivity contribution in [1.29, 1.82) is 0 Å². The lowest BCUT2D eigenvalue weighted by Crippen LogP contribution is -2.35. The van der Waals surface area contributed by atoms with E-state index in [0.717, 1.165) is 10.0 Å². The number of amides is 1. The summed E-state index contributed by atoms with van der Waals surface area (Å²) in [5, 5.41) is 12.7. The average molecular weight is 368 g/mol. The number of nitrogens with zero attached hydrogens (tertiary/aromatic N) is 2. The predicted molar refractivity (Wildman–Crippen MR) is 86.1 cm³/mol. The van der Waals surface area contributed by atoms with Crippen LogP contribution in [0.3, 0.4) is 0 Å². The molecule has 0 saturated heterocycles. The van der Waals surface area contributed by atoms with Crippen LogP contribution in [0.4, 0.5) is 0 Å². The minimum absolute atomic E-state index is 0.0994. The topological polar surface area (TPSA) is 91.9 Å². The molecular formula is C14H18BrN5O2. The Morgan fingerprint density at radius 3 is 2.86 bits per heavy atom. The summed E-state index contributed by atoms with van der Waals surface area (Å²) in [5.41, 5.74) is 0.915. The van der Waals surface area contributed by atoms with Crippen molar-refractivity contribution in [2.75, 3.05) is 26.8 Å². The van der Waals surface area contributed by atoms with Gasteiger partial charge in [0.2, 0.25) is 5.91 Å². The Bertz CT molecular complexity index is 600. The summed E-state index contributed by atoms with van der Waals surface area (Å²) in [6.07, 6.45) is 0. The van der Waals surface area contributed by atoms with Gasteiger partial charge in [-0.25, -0.2) is 4.98 Å². The van der Waals surface area contributed by atoms with Crippen LogP contribution in [0, 0.1) is 0 Å². The van der Waals surface area contributed by atoms with Gasteiger partial charge < -0.3 is 15.4 Å². The second-order valence-electron chi connectivity index (χ2n) is 4.56. The van der Waals surface area contributed by atoms with E-state index in [-0.39, 0.29) is 12.5 Å². The average Bonchev–Trinajstić information content (AvgIpc) is 2.99. The van der Waals surface area contributed by atoms with E-state index in [1.807, 2.05) is 24.3 Å². The summed E-state index contributed by atoms with van der Waals surface area (Å²) >= 11 is 3.38. The Kier molecular flexibility index (Phi) is 6.50. The number of H-pyrrole nitrogens is 1. The SMILES string of the molecule is COCCNCC(=O)NCc1nc(-c2ccc(Br)cc2)n[nH]1. The smallest absolute Gasteiger partial charge is 0.234 e. The second-order valence-corrected chi connectivity index (χ2v) is 5.47. The Hall–Kier alpha value is -1.77. The van der Waals surface area contributed by atoms with Crippen molar-refractivity contribution in [3.05, 3.63) is 34.6 Å². The molecule has 0 unspecified atom stereocenters. The fourth-order valence-corrected chi connectivity index (χ4v) is 1.99. The number of methoxy groups -OCH3 is 1. The number of ether oxygens (including phenoxy) is 1. The quantitative estimate of drug-likeness (QED) is 0.607. The van der Waals surface area contributed by atoms with Gasteiger partial charge in [-0.15, -0.1) is 0 Å². The third-order valence-corrected chi connectivity index (χ3v) is 3.38. The van der Waals surface area contributed by atoms with Gasteiger partial charge in [0.25, 0.3) is 0 Å². The molecule has 0 atom stereocenters. The number of nitrogens with one attached hydrogen (secondary N) is 3. The van der Waals surface area contributed by atoms with Crippen molar-refractivity contribution >= 4 is 21.8 Å². The van der Waals surface area contributed by atoms with E-state index < -0.39 is 0 Å². The summed E-state index contributed by atoms with van der Waals surface area (Å²) < 4.78 is 5.88. The van der Waals surface area contributed by atoms with E-state index in [4.69, 9.17) is 4.74 Å². The monoisotopic (exact) mass is 367 g/mol. The van der Waals surface area contributed by atoms with Gasteiger partial charge in [0.1, 0.15) is 5.82 Å². The fourth-order valence-electron chi connectivity index (χ4n) is 1.72. The van der Waals surface area contributed by atoms with Gasteiger partial charge in [-0.05, 0) is 12.1 Å². The minimum Gasteiger partial charge on any atom is -0.383 e. The summed E-state index contributed by atoms with van der Waals surface area (Å²) in [6, 6.07) is 7.71. The molecule has 22 heavy (non-hydrogen) atoms. The molecule has 1 aromatic carbocycles. The van der Waals surface area contributed by atoms with Gasteiger partial charge in [-0.1, -0.05) is 28.1 Å². The first-order valence-electron chi connectivity index (χ1n) is 6.82. The van der Waals surface area contributed by atoms with Gasteiger partial charge in [0, 0.05) is 23.7 Å². The molecule has 0 saturated carbocycles. The van der Waals surface area contributed by atoms with Crippen LogP contribution >= 0.6 is 15.9 Å². The zero-order chi connectivity index (χ0) is 15.8. The first kappa shape index (κ1) is 16.6. The number of hydrogen-bond acceptors (Lipinski definition) is 5. The van der Waals surface area contributed by atoms with Gasteiger partial charge in [0.05, 0.1) is 19.7 Å². The first-order valence-corrected chi connectivity index (χ1v) is 7.62. The number of aromatic amines is 1. The highest BCUT2D eigenvalue weighted by molar-refractivity contribution is 9.10. The largest absolute Gasteiger partial charge is 0.383 e. The van der Waals surface area contributed by atoms with Crippen molar-refractivity contribution in [2.24, 2.45) is 0 Å². The number of hydrogen-bond donors (Lipinski definition) is 3. The lowest BCUT2D eigenvalue weighted by molar-refractivity contribution is -0.120. The third kappa shape index (κ3) is 5.21. The normalized spacial score (nSPS) is 10.6. The molecule has 3 N–H and O–H groups in total. The molecule has 118 valence electrons. The van der Waals surface area contributed by atoms with Crippen LogP contribution in [-0.4, -0.2) is 47.9 Å². The Labute approximate surface area is 137 Å². The minimum atomic E-state index is -0.0994. The summed E-state index contributed by atoms with van der Waals surface area (Å²) in [7, 11) is 1.62. The van der Waals surface area contributed by atoms with Crippen LogP contribution in [0.2, 0.25) is 0 Å². The molecule has 7 nitrogen and oxygen atoms in total. The molecule has 1 aromatic heterocycles. The lowest BCUT2D eigenvalue weighted by Gasteiger charge is -2.04. The van der Waals surface area contributed by atoms with Crippen LogP contribution in [-0.2, 0) is 16.1 Å². The zero-order valence-corrected chi connectivity index (χ0v) is 13.8. The van der Waals surface area contributed by atoms with Gasteiger partial charge in [-0.3, -0.25) is 9.89 Å². The lowest BCUT2D eigenvalue weighted by atomic mass is 10.2. The van der Waals surface area contributed by atoms with Gasteiger partial charge >= 0.3 is 0 Å². The standard InChI is InChI=1S/C14H18BrN5O2/c1-22-7-6-16-9-13(21)17-8-12-18-14(20-19-12)10-2-4-11(15)5-3-10/h2-5,16H,6-9H2,1H3,(H,17,21)(H,18,19,20). The van der Waals surface area contributed by atoms with Gasteiger partial charge in [0.15, 0.2) is 5.82 Å². The summed E-state index contributed by atoms with van der Waals surface area (Å²) in [5.74, 6) is 1.12. The van der Waals surface area contributed by atoms with Crippen LogP contribution in [0.5, 0.6) is 0 Å². The maximum absolute atomic E-state index is 11.6. The molecule has 0 bridgehead atoms. The molecule has 2 aromatic rings. The van der Waals surface area contributed by atoms with Crippen LogP contribution in [0.1, 0.15) is 5.82 Å². The third-order valence-electron chi connectivity index (χ3n) is 2.86. The Morgan fingerprint density at radius 2 is 2.14 bits per heavy atom. The number of rotatable bonds is 8. The maximum atomic E-state index is 11.6. The van der Waals surface area contributed by atoms with E-state index in [2.05, 4.69) is 41.7 Å². The number of benzene rings is 1. The molecule has 8 heteroatoms. The van der Waals surface area contributed by atoms with Gasteiger partial charge in [-0.2, -0.15) is 5.10 Å². The number of carbonyl (C=O) groups excluding carboxylic acids is 1. The van der Waals surface area contributed by atoms with E-state index in [1.165, 1.54) is 0 Å². The second kappa shape index (κ2) is 8.62. The predicted octanol–water partition coefficient (Wildman–Crippen LogP) is 1.09. The van der Waals surface area contributed by atoms with Crippen molar-refractivity contribution in [2.45, 2.75) is 6.54 Å². The molecule has 0 spiro atoms. The van der Waals surface area contributed by atoms with Crippen molar-refractivity contribution in [3.8, 4) is 11.4 Å². The molecule has 0 aliphatic rings. The molecule has 1 heterocycles. The number of aromatic nitrogens is 3. The van der Waals surface area contributed by atoms with Crippen molar-refractivity contribution in [3.63, 3.8) is 0 Å². The molecule has 0 aliphatic carbocycles. The van der Waals surface area contributed by atoms with Crippen LogP contribution in [0.25, 0.3) is 11.4 Å². The molecule has 0 fully saturated rings. The molecule has 1 amide bonds. The number of halogens is 1. The number of carbonyl (C=O) groups is 1. The Balaban J connectivity index is 1.79. The molecule has 0 aliphatic heterocycles. The highest BCUT2D eigenvalue weighted by Gasteiger charge is 2.07. The van der Waals surface area contributed by atoms with Crippen LogP contribution < -0.4 is 10.6 Å². The van der Waals surface area contributed by atoms with Crippen molar-refractivity contribution in [1.82, 2.24) is 25.8 Å². The molecule has 0 radical (unpaired) electrons. The fraction of sp³-hybridized carbons (Fsp3) is 0.357. The zero-order valence-electron chi connectivity index (χ0n) is 12.2. The Morgan fingerprint density at radius 1 is 1.36 bits per heavy atom. The highest BCUT2D eigenvalue weighted by Crippen LogP contribution is 2.18. The first-order chi connectivity index (χ1) is 10.7. The van der Waals surface area contributed by atoms with E-state index in [0.29, 0.717) is 31.3 Å². The maximum Gasteiger partial charge on any atom is 0.234 e. The summed E-state index contributed by atoms with van der Waals surface area (Å²) in [6.45, 7) is 1.78. The summed E-state index contributed by atoms with van der Waals surface area (Å²) in [4.78, 5) is 16.0. The van der Waals surface area contributed by atoms with E-state index in [9.17, 15) is 4.79 Å². The van der Waals surface area contributed by atoms with Crippen LogP contribution in [0.15, 0.2) is 28.7 Å². The highest BCUT2D eigenvalue weighted by atomic mass is 79.9. The molecule has 2 rings (SSSR count). The van der Waals surface area contributed by atoms with Crippen molar-refractivity contribution < 1.29 is 9.53 Å². The van der Waals surface area contributed by atoms with E-state index >= 15 is 0 Å². The molecular weight excluding hydrogens is 350 g/mol.